The Morgan fingerprint density at radius 1 is 1.40 bits per heavy atom. The van der Waals surface area contributed by atoms with Crippen molar-refractivity contribution in [2.45, 2.75) is 53.6 Å². The minimum Gasteiger partial charge on any atom is -0.461 e. The number of hydrogen-bond acceptors (Lipinski definition) is 2. The standard InChI is InChI=1S/C18H28O2/c1-6-12(3)18(19)20-16-10-11(2)9-15-8-7-13(4)14(5)17(15)16/h7-9,11-14,16-17H,6,10H2,1-5H3/t11-,12-,13+,14-,16-,17?/m0/s1. The van der Waals surface area contributed by atoms with Crippen molar-refractivity contribution >= 4 is 5.97 Å². The highest BCUT2D eigenvalue weighted by molar-refractivity contribution is 5.72. The van der Waals surface area contributed by atoms with Crippen LogP contribution in [0.25, 0.3) is 0 Å². The van der Waals surface area contributed by atoms with E-state index < -0.39 is 0 Å². The molecule has 0 heterocycles. The van der Waals surface area contributed by atoms with Crippen LogP contribution in [0.1, 0.15) is 47.5 Å². The highest BCUT2D eigenvalue weighted by Gasteiger charge is 2.39. The molecule has 20 heavy (non-hydrogen) atoms. The molecule has 2 nitrogen and oxygen atoms in total. The van der Waals surface area contributed by atoms with Gasteiger partial charge in [-0.15, -0.1) is 0 Å². The van der Waals surface area contributed by atoms with Crippen LogP contribution in [-0.2, 0) is 9.53 Å². The van der Waals surface area contributed by atoms with Gasteiger partial charge in [0.1, 0.15) is 6.10 Å². The third kappa shape index (κ3) is 2.99. The third-order valence-electron chi connectivity index (χ3n) is 5.14. The molecular weight excluding hydrogens is 248 g/mol. The molecule has 1 unspecified atom stereocenters. The molecule has 2 rings (SSSR count). The van der Waals surface area contributed by atoms with Gasteiger partial charge in [-0.2, -0.15) is 0 Å². The smallest absolute Gasteiger partial charge is 0.308 e. The predicted octanol–water partition coefficient (Wildman–Crippen LogP) is 4.37. The lowest BCUT2D eigenvalue weighted by Crippen LogP contribution is -2.40. The number of fused-ring (bicyclic) bond motifs is 1. The Bertz CT molecular complexity index is 421. The molecule has 0 bridgehead atoms. The summed E-state index contributed by atoms with van der Waals surface area (Å²) in [6.45, 7) is 10.7. The molecule has 0 aliphatic heterocycles. The van der Waals surface area contributed by atoms with Crippen LogP contribution < -0.4 is 0 Å². The molecule has 0 saturated heterocycles. The molecule has 0 aromatic rings. The van der Waals surface area contributed by atoms with Crippen LogP contribution in [0.2, 0.25) is 0 Å². The molecule has 2 heteroatoms. The van der Waals surface area contributed by atoms with Crippen LogP contribution in [0.3, 0.4) is 0 Å². The number of carbonyl (C=O) groups excluding carboxylic acids is 1. The lowest BCUT2D eigenvalue weighted by molar-refractivity contribution is -0.158. The quantitative estimate of drug-likeness (QED) is 0.716. The van der Waals surface area contributed by atoms with E-state index in [2.05, 4.69) is 39.0 Å². The maximum atomic E-state index is 12.2. The number of allylic oxidation sites excluding steroid dienone is 3. The molecule has 2 aliphatic carbocycles. The highest BCUT2D eigenvalue weighted by Crippen LogP contribution is 2.42. The van der Waals surface area contributed by atoms with Crippen molar-refractivity contribution < 1.29 is 9.53 Å². The Balaban J connectivity index is 2.19. The SMILES string of the molecule is CC[C@H](C)C(=O)O[C@H]1C[C@@H](C)C=C2C=C[C@@H](C)[C@H](C)C21. The molecule has 6 atom stereocenters. The van der Waals surface area contributed by atoms with E-state index in [9.17, 15) is 4.79 Å². The normalized spacial score (nSPS) is 37.9. The summed E-state index contributed by atoms with van der Waals surface area (Å²) in [5.41, 5.74) is 1.37. The zero-order valence-corrected chi connectivity index (χ0v) is 13.4. The second-order valence-corrected chi connectivity index (χ2v) is 6.77. The zero-order valence-electron chi connectivity index (χ0n) is 13.4. The van der Waals surface area contributed by atoms with Crippen LogP contribution in [0.5, 0.6) is 0 Å². The Morgan fingerprint density at radius 3 is 2.75 bits per heavy atom. The predicted molar refractivity (Wildman–Crippen MR) is 82.2 cm³/mol. The van der Waals surface area contributed by atoms with Gasteiger partial charge in [-0.1, -0.05) is 52.8 Å². The van der Waals surface area contributed by atoms with E-state index in [0.717, 1.165) is 12.8 Å². The molecule has 0 spiro atoms. The molecule has 112 valence electrons. The Kier molecular flexibility index (Phi) is 4.72. The largest absolute Gasteiger partial charge is 0.461 e. The fourth-order valence-electron chi connectivity index (χ4n) is 3.36. The van der Waals surface area contributed by atoms with Gasteiger partial charge in [-0.25, -0.2) is 0 Å². The summed E-state index contributed by atoms with van der Waals surface area (Å²) in [4.78, 5) is 12.2. The summed E-state index contributed by atoms with van der Waals surface area (Å²) >= 11 is 0. The van der Waals surface area contributed by atoms with Gasteiger partial charge in [0.2, 0.25) is 0 Å². The van der Waals surface area contributed by atoms with E-state index in [1.165, 1.54) is 5.57 Å². The van der Waals surface area contributed by atoms with Crippen molar-refractivity contribution in [2.24, 2.45) is 29.6 Å². The van der Waals surface area contributed by atoms with Crippen LogP contribution >= 0.6 is 0 Å². The van der Waals surface area contributed by atoms with Crippen LogP contribution in [0.15, 0.2) is 23.8 Å². The molecule has 0 amide bonds. The third-order valence-corrected chi connectivity index (χ3v) is 5.14. The monoisotopic (exact) mass is 276 g/mol. The molecule has 0 N–H and O–H groups in total. The van der Waals surface area contributed by atoms with Gasteiger partial charge >= 0.3 is 5.97 Å². The zero-order chi connectivity index (χ0) is 14.9. The highest BCUT2D eigenvalue weighted by atomic mass is 16.5. The van der Waals surface area contributed by atoms with E-state index in [0.29, 0.717) is 23.7 Å². The summed E-state index contributed by atoms with van der Waals surface area (Å²) in [6.07, 6.45) is 8.75. The minimum atomic E-state index is -0.0274. The van der Waals surface area contributed by atoms with Crippen molar-refractivity contribution in [3.8, 4) is 0 Å². The summed E-state index contributed by atoms with van der Waals surface area (Å²) in [6, 6.07) is 0. The lowest BCUT2D eigenvalue weighted by atomic mass is 9.67. The van der Waals surface area contributed by atoms with Crippen molar-refractivity contribution in [3.63, 3.8) is 0 Å². The average Bonchev–Trinajstić information content (AvgIpc) is 2.41. The molecule has 0 saturated carbocycles. The number of rotatable bonds is 3. The molecule has 2 aliphatic rings. The molecule has 0 radical (unpaired) electrons. The van der Waals surface area contributed by atoms with E-state index in [-0.39, 0.29) is 18.0 Å². The number of hydrogen-bond donors (Lipinski definition) is 0. The van der Waals surface area contributed by atoms with Gasteiger partial charge in [0.25, 0.3) is 0 Å². The Labute approximate surface area is 123 Å². The van der Waals surface area contributed by atoms with Crippen molar-refractivity contribution in [3.05, 3.63) is 23.8 Å². The lowest BCUT2D eigenvalue weighted by Gasteiger charge is -2.41. The van der Waals surface area contributed by atoms with Gasteiger partial charge in [0.05, 0.1) is 5.92 Å². The Hall–Kier alpha value is -1.05. The second-order valence-electron chi connectivity index (χ2n) is 6.77. The van der Waals surface area contributed by atoms with Crippen LogP contribution in [0.4, 0.5) is 0 Å². The first-order valence-corrected chi connectivity index (χ1v) is 8.04. The van der Waals surface area contributed by atoms with Crippen molar-refractivity contribution in [2.75, 3.05) is 0 Å². The van der Waals surface area contributed by atoms with Gasteiger partial charge < -0.3 is 4.74 Å². The summed E-state index contributed by atoms with van der Waals surface area (Å²) in [5, 5.41) is 0. The van der Waals surface area contributed by atoms with E-state index in [4.69, 9.17) is 4.74 Å². The molecule has 0 fully saturated rings. The van der Waals surface area contributed by atoms with E-state index in [1.807, 2.05) is 13.8 Å². The molecule has 0 aromatic heterocycles. The van der Waals surface area contributed by atoms with Gasteiger partial charge in [0.15, 0.2) is 0 Å². The summed E-state index contributed by atoms with van der Waals surface area (Å²) in [5.74, 6) is 1.93. The average molecular weight is 276 g/mol. The van der Waals surface area contributed by atoms with Crippen molar-refractivity contribution in [1.82, 2.24) is 0 Å². The van der Waals surface area contributed by atoms with Gasteiger partial charge in [0, 0.05) is 5.92 Å². The fraction of sp³-hybridized carbons (Fsp3) is 0.722. The van der Waals surface area contributed by atoms with Crippen molar-refractivity contribution in [1.29, 1.82) is 0 Å². The Morgan fingerprint density at radius 2 is 2.10 bits per heavy atom. The topological polar surface area (TPSA) is 26.3 Å². The molecular formula is C18H28O2. The van der Waals surface area contributed by atoms with Gasteiger partial charge in [-0.3, -0.25) is 4.79 Å². The second kappa shape index (κ2) is 6.15. The first-order chi connectivity index (χ1) is 9.43. The fourth-order valence-corrected chi connectivity index (χ4v) is 3.36. The molecule has 0 aromatic carbocycles. The maximum Gasteiger partial charge on any atom is 0.308 e. The maximum absolute atomic E-state index is 12.2. The van der Waals surface area contributed by atoms with E-state index in [1.54, 1.807) is 0 Å². The van der Waals surface area contributed by atoms with E-state index >= 15 is 0 Å². The van der Waals surface area contributed by atoms with Crippen LogP contribution in [0, 0.1) is 29.6 Å². The summed E-state index contributed by atoms with van der Waals surface area (Å²) in [7, 11) is 0. The summed E-state index contributed by atoms with van der Waals surface area (Å²) < 4.78 is 5.89. The van der Waals surface area contributed by atoms with Crippen LogP contribution in [-0.4, -0.2) is 12.1 Å². The first-order valence-electron chi connectivity index (χ1n) is 8.04. The number of esters is 1. The first kappa shape index (κ1) is 15.3. The van der Waals surface area contributed by atoms with Gasteiger partial charge in [-0.05, 0) is 36.2 Å². The number of carbonyl (C=O) groups is 1. The number of ether oxygens (including phenoxy) is 1. The minimum absolute atomic E-state index is 0.00604.